The van der Waals surface area contributed by atoms with Crippen LogP contribution in [0.25, 0.3) is 0 Å². The van der Waals surface area contributed by atoms with Gasteiger partial charge in [0.05, 0.1) is 19.8 Å². The monoisotopic (exact) mass is 382 g/mol. The molecule has 2 aliphatic heterocycles. The number of piperidine rings is 1. The molecule has 0 saturated carbocycles. The Kier molecular flexibility index (Phi) is 6.19. The number of carbonyl (C=O) groups excluding carboxylic acids is 2. The summed E-state index contributed by atoms with van der Waals surface area (Å²) in [5.74, 6) is -0.515. The zero-order valence-electron chi connectivity index (χ0n) is 16.6. The summed E-state index contributed by atoms with van der Waals surface area (Å²) in [6, 6.07) is 7.99. The quantitative estimate of drug-likeness (QED) is 0.744. The third kappa shape index (κ3) is 4.11. The SMILES string of the molecule is COC(=O)C1=C(C(=O)OC)N(c2ccc(N3CCCC(C)C3)cc2)C=CC=C1. The second-order valence-electron chi connectivity index (χ2n) is 7.03. The maximum Gasteiger partial charge on any atom is 0.355 e. The second kappa shape index (κ2) is 8.78. The highest BCUT2D eigenvalue weighted by Crippen LogP contribution is 2.29. The molecule has 148 valence electrons. The molecule has 0 amide bonds. The molecule has 28 heavy (non-hydrogen) atoms. The van der Waals surface area contributed by atoms with E-state index in [2.05, 4.69) is 11.8 Å². The summed E-state index contributed by atoms with van der Waals surface area (Å²) in [6.07, 6.45) is 9.21. The molecule has 0 aromatic heterocycles. The van der Waals surface area contributed by atoms with Gasteiger partial charge in [-0.05, 0) is 55.2 Å². The zero-order valence-corrected chi connectivity index (χ0v) is 16.6. The van der Waals surface area contributed by atoms with Gasteiger partial charge in [0.25, 0.3) is 0 Å². The Hall–Kier alpha value is -3.02. The van der Waals surface area contributed by atoms with Crippen LogP contribution in [0.2, 0.25) is 0 Å². The van der Waals surface area contributed by atoms with Gasteiger partial charge in [0.15, 0.2) is 0 Å². The number of hydrogen-bond acceptors (Lipinski definition) is 6. The molecule has 1 saturated heterocycles. The number of hydrogen-bond donors (Lipinski definition) is 0. The Balaban J connectivity index is 1.95. The molecular weight excluding hydrogens is 356 g/mol. The third-order valence-electron chi connectivity index (χ3n) is 5.04. The Morgan fingerprint density at radius 2 is 1.68 bits per heavy atom. The van der Waals surface area contributed by atoms with Gasteiger partial charge >= 0.3 is 11.9 Å². The molecule has 2 heterocycles. The predicted molar refractivity (Wildman–Crippen MR) is 109 cm³/mol. The first kappa shape index (κ1) is 19.7. The number of anilines is 2. The van der Waals surface area contributed by atoms with Crippen molar-refractivity contribution in [3.8, 4) is 0 Å². The normalized spacial score (nSPS) is 19.5. The highest BCUT2D eigenvalue weighted by atomic mass is 16.5. The highest BCUT2D eigenvalue weighted by molar-refractivity contribution is 6.05. The molecule has 3 rings (SSSR count). The van der Waals surface area contributed by atoms with Crippen molar-refractivity contribution in [2.75, 3.05) is 37.1 Å². The lowest BCUT2D eigenvalue weighted by molar-refractivity contribution is -0.139. The Bertz CT molecular complexity index is 823. The topological polar surface area (TPSA) is 59.1 Å². The fourth-order valence-corrected chi connectivity index (χ4v) is 3.61. The molecule has 0 spiro atoms. The molecule has 0 bridgehead atoms. The predicted octanol–water partition coefficient (Wildman–Crippen LogP) is 3.41. The number of benzene rings is 1. The van der Waals surface area contributed by atoms with E-state index in [1.165, 1.54) is 27.1 Å². The van der Waals surface area contributed by atoms with Crippen LogP contribution in [0, 0.1) is 5.92 Å². The van der Waals surface area contributed by atoms with Gasteiger partial charge in [0, 0.05) is 30.7 Å². The van der Waals surface area contributed by atoms with Gasteiger partial charge in [-0.2, -0.15) is 0 Å². The summed E-state index contributed by atoms with van der Waals surface area (Å²) in [5, 5.41) is 0. The van der Waals surface area contributed by atoms with Crippen LogP contribution in [0.3, 0.4) is 0 Å². The van der Waals surface area contributed by atoms with Gasteiger partial charge in [0.1, 0.15) is 5.70 Å². The lowest BCUT2D eigenvalue weighted by atomic mass is 10.00. The molecule has 6 nitrogen and oxygen atoms in total. The lowest BCUT2D eigenvalue weighted by Crippen LogP contribution is -2.34. The number of ether oxygens (including phenoxy) is 2. The van der Waals surface area contributed by atoms with E-state index in [1.54, 1.807) is 29.3 Å². The Morgan fingerprint density at radius 1 is 1.00 bits per heavy atom. The first-order valence-corrected chi connectivity index (χ1v) is 9.45. The molecule has 1 fully saturated rings. The summed E-state index contributed by atoms with van der Waals surface area (Å²) in [6.45, 7) is 4.38. The minimum absolute atomic E-state index is 0.124. The van der Waals surface area contributed by atoms with Crippen LogP contribution in [0.4, 0.5) is 11.4 Å². The second-order valence-corrected chi connectivity index (χ2v) is 7.03. The largest absolute Gasteiger partial charge is 0.465 e. The number of methoxy groups -OCH3 is 2. The van der Waals surface area contributed by atoms with Crippen LogP contribution in [-0.2, 0) is 19.1 Å². The Labute approximate surface area is 165 Å². The molecule has 1 aromatic rings. The van der Waals surface area contributed by atoms with Crippen molar-refractivity contribution in [2.24, 2.45) is 5.92 Å². The van der Waals surface area contributed by atoms with Crippen molar-refractivity contribution >= 4 is 23.3 Å². The van der Waals surface area contributed by atoms with Gasteiger partial charge in [-0.15, -0.1) is 0 Å². The van der Waals surface area contributed by atoms with Crippen molar-refractivity contribution in [1.29, 1.82) is 0 Å². The number of rotatable bonds is 4. The molecule has 0 radical (unpaired) electrons. The maximum absolute atomic E-state index is 12.5. The minimum atomic E-state index is -0.606. The summed E-state index contributed by atoms with van der Waals surface area (Å²) in [5.41, 5.74) is 2.19. The smallest absolute Gasteiger partial charge is 0.355 e. The lowest BCUT2D eigenvalue weighted by Gasteiger charge is -2.33. The van der Waals surface area contributed by atoms with E-state index in [9.17, 15) is 9.59 Å². The van der Waals surface area contributed by atoms with Crippen LogP contribution in [0.5, 0.6) is 0 Å². The van der Waals surface area contributed by atoms with Crippen molar-refractivity contribution < 1.29 is 19.1 Å². The summed E-state index contributed by atoms with van der Waals surface area (Å²) >= 11 is 0. The van der Waals surface area contributed by atoms with E-state index in [-0.39, 0.29) is 11.3 Å². The fraction of sp³-hybridized carbons (Fsp3) is 0.364. The van der Waals surface area contributed by atoms with E-state index in [0.29, 0.717) is 5.92 Å². The average Bonchev–Trinajstić information content (AvgIpc) is 2.95. The van der Waals surface area contributed by atoms with Crippen molar-refractivity contribution in [3.05, 3.63) is 60.0 Å². The van der Waals surface area contributed by atoms with Gasteiger partial charge < -0.3 is 19.3 Å². The molecule has 1 aromatic carbocycles. The summed E-state index contributed by atoms with van der Waals surface area (Å²) < 4.78 is 9.78. The fourth-order valence-electron chi connectivity index (χ4n) is 3.61. The van der Waals surface area contributed by atoms with E-state index < -0.39 is 11.9 Å². The number of esters is 2. The van der Waals surface area contributed by atoms with Crippen LogP contribution in [0.15, 0.2) is 60.0 Å². The zero-order chi connectivity index (χ0) is 20.1. The van der Waals surface area contributed by atoms with Gasteiger partial charge in [-0.25, -0.2) is 9.59 Å². The summed E-state index contributed by atoms with van der Waals surface area (Å²) in [7, 11) is 2.58. The Morgan fingerprint density at radius 3 is 2.32 bits per heavy atom. The molecule has 1 unspecified atom stereocenters. The van der Waals surface area contributed by atoms with Gasteiger partial charge in [0.2, 0.25) is 0 Å². The number of allylic oxidation sites excluding steroid dienone is 2. The van der Waals surface area contributed by atoms with Gasteiger partial charge in [-0.1, -0.05) is 13.0 Å². The molecule has 0 aliphatic carbocycles. The van der Waals surface area contributed by atoms with Crippen LogP contribution in [0.1, 0.15) is 19.8 Å². The van der Waals surface area contributed by atoms with Crippen LogP contribution >= 0.6 is 0 Å². The van der Waals surface area contributed by atoms with E-state index in [4.69, 9.17) is 9.47 Å². The summed E-state index contributed by atoms with van der Waals surface area (Å²) in [4.78, 5) is 28.7. The minimum Gasteiger partial charge on any atom is -0.465 e. The number of nitrogens with zero attached hydrogens (tertiary/aromatic N) is 2. The van der Waals surface area contributed by atoms with Crippen molar-refractivity contribution in [3.63, 3.8) is 0 Å². The number of carbonyl (C=O) groups is 2. The first-order valence-electron chi connectivity index (χ1n) is 9.45. The molecular formula is C22H26N2O4. The van der Waals surface area contributed by atoms with E-state index >= 15 is 0 Å². The van der Waals surface area contributed by atoms with E-state index in [1.807, 2.05) is 24.3 Å². The third-order valence-corrected chi connectivity index (χ3v) is 5.04. The van der Waals surface area contributed by atoms with Crippen molar-refractivity contribution in [2.45, 2.75) is 19.8 Å². The van der Waals surface area contributed by atoms with E-state index in [0.717, 1.165) is 24.5 Å². The molecule has 0 N–H and O–H groups in total. The maximum atomic E-state index is 12.5. The standard InChI is InChI=1S/C22H26N2O4/c1-16-7-6-13-23(15-16)17-9-11-18(12-10-17)24-14-5-4-8-19(21(25)27-2)20(24)22(26)28-3/h4-5,8-12,14,16H,6-7,13,15H2,1-3H3. The first-order chi connectivity index (χ1) is 13.5. The van der Waals surface area contributed by atoms with Crippen LogP contribution < -0.4 is 9.80 Å². The molecule has 2 aliphatic rings. The molecule has 1 atom stereocenters. The highest BCUT2D eigenvalue weighted by Gasteiger charge is 2.27. The van der Waals surface area contributed by atoms with Crippen molar-refractivity contribution in [1.82, 2.24) is 0 Å². The average molecular weight is 382 g/mol. The van der Waals surface area contributed by atoms with Crippen LogP contribution in [-0.4, -0.2) is 39.2 Å². The van der Waals surface area contributed by atoms with Gasteiger partial charge in [-0.3, -0.25) is 0 Å². The molecule has 6 heteroatoms.